The summed E-state index contributed by atoms with van der Waals surface area (Å²) in [4.78, 5) is 11.7. The zero-order chi connectivity index (χ0) is 14.8. The smallest absolute Gasteiger partial charge is 0.142 e. The molecular formula is C17H22N4S. The maximum atomic E-state index is 4.68. The highest BCUT2D eigenvalue weighted by Crippen LogP contribution is 2.31. The number of thiazole rings is 1. The van der Waals surface area contributed by atoms with E-state index in [1.54, 1.807) is 11.3 Å². The Labute approximate surface area is 135 Å². The van der Waals surface area contributed by atoms with Gasteiger partial charge in [-0.3, -0.25) is 4.98 Å². The summed E-state index contributed by atoms with van der Waals surface area (Å²) in [6.45, 7) is 4.56. The molecule has 3 heterocycles. The fraction of sp³-hybridized carbons (Fsp3) is 0.529. The molecule has 5 heteroatoms. The Bertz CT molecular complexity index is 608. The van der Waals surface area contributed by atoms with Crippen LogP contribution >= 0.6 is 11.3 Å². The van der Waals surface area contributed by atoms with Crippen LogP contribution in [0.1, 0.15) is 25.0 Å². The van der Waals surface area contributed by atoms with Gasteiger partial charge >= 0.3 is 0 Å². The first-order valence-electron chi connectivity index (χ1n) is 8.19. The van der Waals surface area contributed by atoms with Crippen molar-refractivity contribution in [1.82, 2.24) is 20.2 Å². The van der Waals surface area contributed by atoms with Gasteiger partial charge in [-0.25, -0.2) is 4.98 Å². The molecule has 2 aliphatic rings. The Hall–Kier alpha value is -1.30. The molecule has 1 saturated heterocycles. The Morgan fingerprint density at radius 2 is 2.23 bits per heavy atom. The van der Waals surface area contributed by atoms with Gasteiger partial charge in [0.05, 0.1) is 11.4 Å². The molecule has 116 valence electrons. The van der Waals surface area contributed by atoms with E-state index in [9.17, 15) is 0 Å². The third-order valence-electron chi connectivity index (χ3n) is 4.56. The monoisotopic (exact) mass is 314 g/mol. The molecule has 1 aliphatic heterocycles. The summed E-state index contributed by atoms with van der Waals surface area (Å²) in [6, 6.07) is 6.88. The highest BCUT2D eigenvalue weighted by Gasteiger charge is 2.33. The van der Waals surface area contributed by atoms with E-state index in [0.29, 0.717) is 0 Å². The zero-order valence-electron chi connectivity index (χ0n) is 12.7. The zero-order valence-corrected chi connectivity index (χ0v) is 13.6. The van der Waals surface area contributed by atoms with E-state index in [4.69, 9.17) is 0 Å². The molecule has 0 radical (unpaired) electrons. The standard InChI is InChI=1S/C17H22N4S/c1-2-7-19-16(3-1)17-20-14(12-22-17)10-18-9-13-6-8-21(11-13)15-4-5-15/h1-3,7,12-13,15,18H,4-6,8-11H2. The van der Waals surface area contributed by atoms with Gasteiger partial charge in [-0.15, -0.1) is 11.3 Å². The molecule has 0 spiro atoms. The number of nitrogens with one attached hydrogen (secondary N) is 1. The van der Waals surface area contributed by atoms with Gasteiger partial charge in [0.15, 0.2) is 0 Å². The lowest BCUT2D eigenvalue weighted by Crippen LogP contribution is -2.27. The largest absolute Gasteiger partial charge is 0.311 e. The van der Waals surface area contributed by atoms with Crippen LogP contribution in [0.3, 0.4) is 0 Å². The summed E-state index contributed by atoms with van der Waals surface area (Å²) >= 11 is 1.68. The Morgan fingerprint density at radius 3 is 3.05 bits per heavy atom. The topological polar surface area (TPSA) is 41.1 Å². The van der Waals surface area contributed by atoms with E-state index >= 15 is 0 Å². The summed E-state index contributed by atoms with van der Waals surface area (Å²) in [5, 5.41) is 6.74. The van der Waals surface area contributed by atoms with E-state index in [-0.39, 0.29) is 0 Å². The maximum Gasteiger partial charge on any atom is 0.142 e. The van der Waals surface area contributed by atoms with Crippen LogP contribution in [0.2, 0.25) is 0 Å². The van der Waals surface area contributed by atoms with Gasteiger partial charge in [-0.05, 0) is 50.4 Å². The highest BCUT2D eigenvalue weighted by atomic mass is 32.1. The van der Waals surface area contributed by atoms with E-state index in [0.717, 1.165) is 41.4 Å². The number of aromatic nitrogens is 2. The second-order valence-corrected chi connectivity index (χ2v) is 7.23. The molecule has 2 aromatic heterocycles. The van der Waals surface area contributed by atoms with E-state index < -0.39 is 0 Å². The van der Waals surface area contributed by atoms with Crippen molar-refractivity contribution in [3.8, 4) is 10.7 Å². The molecule has 0 bridgehead atoms. The van der Waals surface area contributed by atoms with Gasteiger partial charge in [0, 0.05) is 30.7 Å². The molecule has 1 atom stereocenters. The van der Waals surface area contributed by atoms with Gasteiger partial charge in [0.1, 0.15) is 5.01 Å². The Balaban J connectivity index is 1.25. The summed E-state index contributed by atoms with van der Waals surface area (Å²) in [5.41, 5.74) is 2.09. The summed E-state index contributed by atoms with van der Waals surface area (Å²) < 4.78 is 0. The summed E-state index contributed by atoms with van der Waals surface area (Å²) in [6.07, 6.45) is 6.02. The molecule has 1 unspecified atom stereocenters. The van der Waals surface area contributed by atoms with Crippen LogP contribution in [0.5, 0.6) is 0 Å². The molecular weight excluding hydrogens is 292 g/mol. The van der Waals surface area contributed by atoms with Crippen molar-refractivity contribution in [3.63, 3.8) is 0 Å². The van der Waals surface area contributed by atoms with Crippen LogP contribution in [0.4, 0.5) is 0 Å². The van der Waals surface area contributed by atoms with Crippen molar-refractivity contribution in [1.29, 1.82) is 0 Å². The average molecular weight is 314 g/mol. The Morgan fingerprint density at radius 1 is 1.27 bits per heavy atom. The average Bonchev–Trinajstić information content (AvgIpc) is 3.11. The van der Waals surface area contributed by atoms with Crippen LogP contribution in [-0.4, -0.2) is 40.5 Å². The fourth-order valence-corrected chi connectivity index (χ4v) is 4.00. The lowest BCUT2D eigenvalue weighted by molar-refractivity contribution is 0.311. The van der Waals surface area contributed by atoms with Crippen LogP contribution in [0.25, 0.3) is 10.7 Å². The van der Waals surface area contributed by atoms with Crippen LogP contribution in [0, 0.1) is 5.92 Å². The number of hydrogen-bond donors (Lipinski definition) is 1. The van der Waals surface area contributed by atoms with Gasteiger partial charge in [0.2, 0.25) is 0 Å². The van der Waals surface area contributed by atoms with Crippen molar-refractivity contribution in [2.45, 2.75) is 31.8 Å². The number of likely N-dealkylation sites (tertiary alicyclic amines) is 1. The Kier molecular flexibility index (Phi) is 4.19. The second kappa shape index (κ2) is 6.44. The molecule has 0 amide bonds. The number of rotatable bonds is 6. The predicted octanol–water partition coefficient (Wildman–Crippen LogP) is 2.78. The first-order valence-corrected chi connectivity index (χ1v) is 9.07. The minimum absolute atomic E-state index is 0.814. The number of hydrogen-bond acceptors (Lipinski definition) is 5. The van der Waals surface area contributed by atoms with E-state index in [2.05, 4.69) is 25.6 Å². The molecule has 4 nitrogen and oxygen atoms in total. The van der Waals surface area contributed by atoms with Crippen molar-refractivity contribution >= 4 is 11.3 Å². The van der Waals surface area contributed by atoms with Crippen molar-refractivity contribution < 1.29 is 0 Å². The molecule has 0 aromatic carbocycles. The molecule has 1 saturated carbocycles. The molecule has 1 N–H and O–H groups in total. The third kappa shape index (κ3) is 3.37. The molecule has 4 rings (SSSR count). The number of pyridine rings is 1. The predicted molar refractivity (Wildman–Crippen MR) is 89.8 cm³/mol. The van der Waals surface area contributed by atoms with Gasteiger partial charge in [-0.1, -0.05) is 6.07 Å². The normalized spacial score (nSPS) is 22.3. The fourth-order valence-electron chi connectivity index (χ4n) is 3.20. The first kappa shape index (κ1) is 14.3. The quantitative estimate of drug-likeness (QED) is 0.890. The summed E-state index contributed by atoms with van der Waals surface area (Å²) in [5.74, 6) is 0.814. The van der Waals surface area contributed by atoms with Gasteiger partial charge < -0.3 is 10.2 Å². The van der Waals surface area contributed by atoms with Crippen molar-refractivity contribution in [2.75, 3.05) is 19.6 Å². The van der Waals surface area contributed by atoms with Crippen LogP contribution in [0.15, 0.2) is 29.8 Å². The molecule has 2 fully saturated rings. The molecule has 1 aliphatic carbocycles. The minimum Gasteiger partial charge on any atom is -0.311 e. The minimum atomic E-state index is 0.814. The van der Waals surface area contributed by atoms with Crippen molar-refractivity contribution in [2.24, 2.45) is 5.92 Å². The van der Waals surface area contributed by atoms with Crippen LogP contribution < -0.4 is 5.32 Å². The SMILES string of the molecule is c1ccc(-c2nc(CNCC3CCN(C4CC4)C3)cs2)nc1. The van der Waals surface area contributed by atoms with E-state index in [1.807, 2.05) is 24.4 Å². The van der Waals surface area contributed by atoms with Crippen LogP contribution in [-0.2, 0) is 6.54 Å². The lowest BCUT2D eigenvalue weighted by atomic mass is 10.1. The maximum absolute atomic E-state index is 4.68. The highest BCUT2D eigenvalue weighted by molar-refractivity contribution is 7.13. The third-order valence-corrected chi connectivity index (χ3v) is 5.47. The van der Waals surface area contributed by atoms with Gasteiger partial charge in [-0.2, -0.15) is 0 Å². The summed E-state index contributed by atoms with van der Waals surface area (Å²) in [7, 11) is 0. The van der Waals surface area contributed by atoms with Gasteiger partial charge in [0.25, 0.3) is 0 Å². The second-order valence-electron chi connectivity index (χ2n) is 6.37. The number of nitrogens with zero attached hydrogens (tertiary/aromatic N) is 3. The molecule has 22 heavy (non-hydrogen) atoms. The lowest BCUT2D eigenvalue weighted by Gasteiger charge is -2.14. The first-order chi connectivity index (χ1) is 10.9. The van der Waals surface area contributed by atoms with Crippen molar-refractivity contribution in [3.05, 3.63) is 35.5 Å². The van der Waals surface area contributed by atoms with E-state index in [1.165, 1.54) is 32.4 Å². The molecule has 2 aromatic rings.